The molecule has 0 atom stereocenters. The molecule has 0 bridgehead atoms. The molecule has 3 aromatic heterocycles. The van der Waals surface area contributed by atoms with Crippen LogP contribution in [-0.4, -0.2) is 19.5 Å². The predicted octanol–water partition coefficient (Wildman–Crippen LogP) is 16.5. The monoisotopic (exact) mass is 868 g/mol. The van der Waals surface area contributed by atoms with Crippen LogP contribution >= 0.6 is 0 Å². The lowest BCUT2D eigenvalue weighted by atomic mass is 9.99. The van der Waals surface area contributed by atoms with E-state index in [4.69, 9.17) is 19.4 Å². The highest BCUT2D eigenvalue weighted by Gasteiger charge is 2.19. The standard InChI is InChI=1S/C63H40N4O/c1-5-15-41(16-6-1)48-33-37-57-55(39-48)56-40-49(42-17-7-2-8-18-42)34-38-58(56)67(57)50-35-31-44(32-36-50)52-24-14-26-54-53-25-13-23-51(59(53)68-60(52)54)43-27-29-47(30-28-43)63-65-61(45-19-9-3-10-20-45)64-62(66-63)46-21-11-4-12-22-46/h1-40H. The number of aromatic nitrogens is 4. The molecular formula is C63H40N4O. The van der Waals surface area contributed by atoms with Crippen molar-refractivity contribution in [2.45, 2.75) is 0 Å². The van der Waals surface area contributed by atoms with Gasteiger partial charge in [-0.25, -0.2) is 15.0 Å². The van der Waals surface area contributed by atoms with Gasteiger partial charge in [-0.3, -0.25) is 0 Å². The zero-order valence-electron chi connectivity index (χ0n) is 36.8. The molecule has 0 aliphatic carbocycles. The summed E-state index contributed by atoms with van der Waals surface area (Å²) in [6.45, 7) is 0. The minimum atomic E-state index is 0.620. The van der Waals surface area contributed by atoms with Crippen LogP contribution in [-0.2, 0) is 0 Å². The molecule has 3 heterocycles. The third-order valence-corrected chi connectivity index (χ3v) is 13.1. The van der Waals surface area contributed by atoms with Gasteiger partial charge in [0.05, 0.1) is 11.0 Å². The summed E-state index contributed by atoms with van der Waals surface area (Å²) < 4.78 is 9.33. The summed E-state index contributed by atoms with van der Waals surface area (Å²) in [5.74, 6) is 1.89. The zero-order chi connectivity index (χ0) is 45.0. The maximum absolute atomic E-state index is 6.94. The number of para-hydroxylation sites is 2. The summed E-state index contributed by atoms with van der Waals surface area (Å²) in [5.41, 5.74) is 16.9. The van der Waals surface area contributed by atoms with E-state index in [0.29, 0.717) is 17.5 Å². The molecule has 13 aromatic rings. The quantitative estimate of drug-likeness (QED) is 0.153. The second-order valence-electron chi connectivity index (χ2n) is 17.2. The molecule has 318 valence electrons. The molecule has 0 spiro atoms. The molecule has 68 heavy (non-hydrogen) atoms. The van der Waals surface area contributed by atoms with Gasteiger partial charge >= 0.3 is 0 Å². The van der Waals surface area contributed by atoms with Crippen LogP contribution in [0.2, 0.25) is 0 Å². The van der Waals surface area contributed by atoms with E-state index in [9.17, 15) is 0 Å². The highest BCUT2D eigenvalue weighted by molar-refractivity contribution is 6.14. The Morgan fingerprint density at radius 2 is 0.618 bits per heavy atom. The minimum Gasteiger partial charge on any atom is -0.455 e. The largest absolute Gasteiger partial charge is 0.455 e. The number of hydrogen-bond acceptors (Lipinski definition) is 4. The lowest BCUT2D eigenvalue weighted by Gasteiger charge is -2.10. The van der Waals surface area contributed by atoms with Gasteiger partial charge in [0.2, 0.25) is 0 Å². The molecule has 0 radical (unpaired) electrons. The Bertz CT molecular complexity index is 3820. The Kier molecular flexibility index (Phi) is 9.43. The Labute approximate surface area is 392 Å². The third-order valence-electron chi connectivity index (χ3n) is 13.1. The fourth-order valence-electron chi connectivity index (χ4n) is 9.72. The van der Waals surface area contributed by atoms with Crippen LogP contribution in [0, 0.1) is 0 Å². The van der Waals surface area contributed by atoms with Crippen LogP contribution in [0.15, 0.2) is 247 Å². The van der Waals surface area contributed by atoms with E-state index in [1.165, 1.54) is 44.1 Å². The Morgan fingerprint density at radius 1 is 0.265 bits per heavy atom. The van der Waals surface area contributed by atoms with Gasteiger partial charge in [0.15, 0.2) is 17.5 Å². The van der Waals surface area contributed by atoms with Gasteiger partial charge in [-0.2, -0.15) is 0 Å². The molecular weight excluding hydrogens is 829 g/mol. The van der Waals surface area contributed by atoms with Crippen LogP contribution in [0.1, 0.15) is 0 Å². The third kappa shape index (κ3) is 6.84. The van der Waals surface area contributed by atoms with E-state index < -0.39 is 0 Å². The maximum atomic E-state index is 6.94. The van der Waals surface area contributed by atoms with Crippen LogP contribution in [0.4, 0.5) is 0 Å². The zero-order valence-corrected chi connectivity index (χ0v) is 36.8. The molecule has 5 nitrogen and oxygen atoms in total. The summed E-state index contributed by atoms with van der Waals surface area (Å²) in [5, 5.41) is 4.60. The Morgan fingerprint density at radius 3 is 1.04 bits per heavy atom. The second-order valence-corrected chi connectivity index (χ2v) is 17.2. The molecule has 0 amide bonds. The Balaban J connectivity index is 0.867. The lowest BCUT2D eigenvalue weighted by molar-refractivity contribution is 0.671. The highest BCUT2D eigenvalue weighted by atomic mass is 16.3. The van der Waals surface area contributed by atoms with Crippen molar-refractivity contribution in [3.8, 4) is 84.4 Å². The van der Waals surface area contributed by atoms with E-state index in [1.807, 2.05) is 60.7 Å². The van der Waals surface area contributed by atoms with Gasteiger partial charge in [-0.1, -0.05) is 206 Å². The molecule has 5 heteroatoms. The molecule has 10 aromatic carbocycles. The number of rotatable bonds is 8. The average molecular weight is 869 g/mol. The fraction of sp³-hybridized carbons (Fsp3) is 0. The average Bonchev–Trinajstić information content (AvgIpc) is 3.97. The minimum absolute atomic E-state index is 0.620. The van der Waals surface area contributed by atoms with Crippen molar-refractivity contribution in [2.75, 3.05) is 0 Å². The first kappa shape index (κ1) is 39.2. The van der Waals surface area contributed by atoms with E-state index in [1.54, 1.807) is 0 Å². The van der Waals surface area contributed by atoms with Gasteiger partial charge in [-0.15, -0.1) is 0 Å². The van der Waals surface area contributed by atoms with Crippen molar-refractivity contribution in [1.29, 1.82) is 0 Å². The maximum Gasteiger partial charge on any atom is 0.164 e. The van der Waals surface area contributed by atoms with Crippen LogP contribution in [0.3, 0.4) is 0 Å². The van der Waals surface area contributed by atoms with Crippen LogP contribution < -0.4 is 0 Å². The van der Waals surface area contributed by atoms with E-state index in [0.717, 1.165) is 66.6 Å². The molecule has 0 N–H and O–H groups in total. The first-order valence-electron chi connectivity index (χ1n) is 22.9. The topological polar surface area (TPSA) is 56.7 Å². The lowest BCUT2D eigenvalue weighted by Crippen LogP contribution is -2.00. The van der Waals surface area contributed by atoms with Crippen LogP contribution in [0.25, 0.3) is 128 Å². The number of benzene rings is 10. The Hall–Kier alpha value is -9.19. The second kappa shape index (κ2) is 16.4. The SMILES string of the molecule is c1ccc(-c2ccc3c(c2)c2cc(-c4ccccc4)ccc2n3-c2ccc(-c3cccc4c3oc3c(-c5ccc(-c6nc(-c7ccccc7)nc(-c7ccccc7)n6)cc5)cccc34)cc2)cc1. The van der Waals surface area contributed by atoms with E-state index in [-0.39, 0.29) is 0 Å². The molecule has 0 unspecified atom stereocenters. The summed E-state index contributed by atoms with van der Waals surface area (Å²) in [6, 6.07) is 85.3. The molecule has 13 rings (SSSR count). The number of nitrogens with zero attached hydrogens (tertiary/aromatic N) is 4. The molecule has 0 saturated carbocycles. The van der Waals surface area contributed by atoms with Crippen molar-refractivity contribution in [3.63, 3.8) is 0 Å². The van der Waals surface area contributed by atoms with Gasteiger partial charge < -0.3 is 8.98 Å². The highest BCUT2D eigenvalue weighted by Crippen LogP contribution is 2.42. The van der Waals surface area contributed by atoms with Crippen molar-refractivity contribution in [2.24, 2.45) is 0 Å². The van der Waals surface area contributed by atoms with E-state index in [2.05, 4.69) is 187 Å². The summed E-state index contributed by atoms with van der Waals surface area (Å²) in [4.78, 5) is 14.8. The van der Waals surface area contributed by atoms with Gasteiger partial charge in [0, 0.05) is 55.0 Å². The van der Waals surface area contributed by atoms with Crippen molar-refractivity contribution < 1.29 is 4.42 Å². The van der Waals surface area contributed by atoms with Crippen molar-refractivity contribution in [3.05, 3.63) is 243 Å². The first-order chi connectivity index (χ1) is 33.7. The predicted molar refractivity (Wildman–Crippen MR) is 279 cm³/mol. The van der Waals surface area contributed by atoms with Gasteiger partial charge in [0.25, 0.3) is 0 Å². The summed E-state index contributed by atoms with van der Waals surface area (Å²) >= 11 is 0. The molecule has 0 aliphatic heterocycles. The van der Waals surface area contributed by atoms with Crippen molar-refractivity contribution >= 4 is 43.7 Å². The molecule has 0 fully saturated rings. The summed E-state index contributed by atoms with van der Waals surface area (Å²) in [6.07, 6.45) is 0. The molecule has 0 aliphatic rings. The normalized spacial score (nSPS) is 11.5. The van der Waals surface area contributed by atoms with Crippen LogP contribution in [0.5, 0.6) is 0 Å². The number of fused-ring (bicyclic) bond motifs is 6. The number of furan rings is 1. The molecule has 0 saturated heterocycles. The smallest absolute Gasteiger partial charge is 0.164 e. The van der Waals surface area contributed by atoms with E-state index >= 15 is 0 Å². The first-order valence-corrected chi connectivity index (χ1v) is 22.9. The summed E-state index contributed by atoms with van der Waals surface area (Å²) in [7, 11) is 0. The van der Waals surface area contributed by atoms with Gasteiger partial charge in [0.1, 0.15) is 11.2 Å². The van der Waals surface area contributed by atoms with Gasteiger partial charge in [-0.05, 0) is 69.8 Å². The number of hydrogen-bond donors (Lipinski definition) is 0. The fourth-order valence-corrected chi connectivity index (χ4v) is 9.72. The van der Waals surface area contributed by atoms with Crippen molar-refractivity contribution in [1.82, 2.24) is 19.5 Å².